The highest BCUT2D eigenvalue weighted by Crippen LogP contribution is 2.37. The highest BCUT2D eigenvalue weighted by molar-refractivity contribution is 6.31. The second-order valence-electron chi connectivity index (χ2n) is 5.77. The molecule has 0 radical (unpaired) electrons. The fraction of sp³-hybridized carbons (Fsp3) is 0.467. The van der Waals surface area contributed by atoms with Crippen molar-refractivity contribution in [3.8, 4) is 5.75 Å². The Morgan fingerprint density at radius 1 is 1.48 bits per heavy atom. The van der Waals surface area contributed by atoms with Gasteiger partial charge in [-0.3, -0.25) is 9.59 Å². The maximum absolute atomic E-state index is 12.7. The Morgan fingerprint density at radius 3 is 2.95 bits per heavy atom. The number of carbonyl (C=O) groups excluding carboxylic acids is 2. The molecule has 6 heteroatoms. The molecule has 1 spiro atoms. The smallest absolute Gasteiger partial charge is 0.257 e. The monoisotopic (exact) mass is 308 g/mol. The van der Waals surface area contributed by atoms with E-state index in [9.17, 15) is 9.59 Å². The van der Waals surface area contributed by atoms with Gasteiger partial charge in [0, 0.05) is 36.5 Å². The van der Waals surface area contributed by atoms with E-state index in [2.05, 4.69) is 5.32 Å². The van der Waals surface area contributed by atoms with E-state index >= 15 is 0 Å². The van der Waals surface area contributed by atoms with E-state index in [0.29, 0.717) is 42.4 Å². The molecule has 3 rings (SSSR count). The van der Waals surface area contributed by atoms with Crippen molar-refractivity contribution in [1.82, 2.24) is 10.2 Å². The molecule has 1 unspecified atom stereocenters. The first-order chi connectivity index (χ1) is 10.0. The van der Waals surface area contributed by atoms with Gasteiger partial charge in [0.25, 0.3) is 5.91 Å². The largest absolute Gasteiger partial charge is 0.496 e. The average Bonchev–Trinajstić information content (AvgIpc) is 3.05. The molecule has 0 saturated carbocycles. The Balaban J connectivity index is 1.81. The van der Waals surface area contributed by atoms with Crippen LogP contribution in [0.5, 0.6) is 5.75 Å². The summed E-state index contributed by atoms with van der Waals surface area (Å²) in [6.07, 6.45) is 1.35. The van der Waals surface area contributed by atoms with Crippen LogP contribution in [-0.4, -0.2) is 43.5 Å². The Hall–Kier alpha value is -1.75. The van der Waals surface area contributed by atoms with Gasteiger partial charge in [-0.15, -0.1) is 0 Å². The molecule has 0 bridgehead atoms. The Bertz CT molecular complexity index is 605. The first kappa shape index (κ1) is 14.2. The topological polar surface area (TPSA) is 58.6 Å². The van der Waals surface area contributed by atoms with Crippen molar-refractivity contribution >= 4 is 23.4 Å². The summed E-state index contributed by atoms with van der Waals surface area (Å²) in [5.41, 5.74) is 0.373. The first-order valence-corrected chi connectivity index (χ1v) is 7.30. The molecule has 0 aromatic heterocycles. The zero-order valence-electron chi connectivity index (χ0n) is 11.8. The third-order valence-electron chi connectivity index (χ3n) is 4.31. The van der Waals surface area contributed by atoms with Gasteiger partial charge in [-0.25, -0.2) is 0 Å². The average molecular weight is 309 g/mol. The van der Waals surface area contributed by atoms with Gasteiger partial charge >= 0.3 is 0 Å². The van der Waals surface area contributed by atoms with E-state index in [0.717, 1.165) is 6.42 Å². The van der Waals surface area contributed by atoms with Gasteiger partial charge < -0.3 is 15.0 Å². The number of ether oxygens (including phenoxy) is 1. The fourth-order valence-corrected chi connectivity index (χ4v) is 3.34. The lowest BCUT2D eigenvalue weighted by Gasteiger charge is -2.22. The minimum absolute atomic E-state index is 0.0737. The van der Waals surface area contributed by atoms with Crippen LogP contribution in [0.3, 0.4) is 0 Å². The molecule has 0 aliphatic carbocycles. The molecule has 21 heavy (non-hydrogen) atoms. The summed E-state index contributed by atoms with van der Waals surface area (Å²) in [5, 5.41) is 3.37. The minimum atomic E-state index is -0.0987. The standard InChI is InChI=1S/C15H17ClN2O3/c1-21-12-3-2-10(16)6-11(12)14(20)18-5-4-15(9-18)7-13(19)17-8-15/h2-3,6H,4-5,7-9H2,1H3,(H,17,19). The summed E-state index contributed by atoms with van der Waals surface area (Å²) >= 11 is 5.98. The number of hydrogen-bond donors (Lipinski definition) is 1. The van der Waals surface area contributed by atoms with E-state index < -0.39 is 0 Å². The van der Waals surface area contributed by atoms with Crippen LogP contribution in [-0.2, 0) is 4.79 Å². The van der Waals surface area contributed by atoms with Crippen molar-refractivity contribution in [2.24, 2.45) is 5.41 Å². The Kier molecular flexibility index (Phi) is 3.53. The minimum Gasteiger partial charge on any atom is -0.496 e. The molecule has 1 aromatic carbocycles. The van der Waals surface area contributed by atoms with Crippen molar-refractivity contribution in [2.45, 2.75) is 12.8 Å². The van der Waals surface area contributed by atoms with E-state index in [-0.39, 0.29) is 17.2 Å². The number of methoxy groups -OCH3 is 1. The lowest BCUT2D eigenvalue weighted by Crippen LogP contribution is -2.33. The van der Waals surface area contributed by atoms with Gasteiger partial charge in [-0.2, -0.15) is 0 Å². The zero-order chi connectivity index (χ0) is 15.0. The third-order valence-corrected chi connectivity index (χ3v) is 4.55. The SMILES string of the molecule is COc1ccc(Cl)cc1C(=O)N1CCC2(CNC(=O)C2)C1. The molecule has 1 N–H and O–H groups in total. The number of carbonyl (C=O) groups is 2. The van der Waals surface area contributed by atoms with Crippen molar-refractivity contribution in [2.75, 3.05) is 26.7 Å². The van der Waals surface area contributed by atoms with Crippen LogP contribution in [0.25, 0.3) is 0 Å². The maximum atomic E-state index is 12.7. The number of halogens is 1. The van der Waals surface area contributed by atoms with E-state index in [1.807, 2.05) is 0 Å². The van der Waals surface area contributed by atoms with Crippen molar-refractivity contribution in [3.05, 3.63) is 28.8 Å². The molecule has 1 atom stereocenters. The maximum Gasteiger partial charge on any atom is 0.257 e. The van der Waals surface area contributed by atoms with Crippen LogP contribution in [0.15, 0.2) is 18.2 Å². The van der Waals surface area contributed by atoms with Crippen LogP contribution >= 0.6 is 11.6 Å². The molecule has 2 heterocycles. The predicted octanol–water partition coefficient (Wildman–Crippen LogP) is 1.70. The molecule has 5 nitrogen and oxygen atoms in total. The van der Waals surface area contributed by atoms with Gasteiger partial charge in [0.15, 0.2) is 0 Å². The van der Waals surface area contributed by atoms with Crippen LogP contribution in [0.1, 0.15) is 23.2 Å². The fourth-order valence-electron chi connectivity index (χ4n) is 3.17. The number of benzene rings is 1. The van der Waals surface area contributed by atoms with Crippen LogP contribution in [0.2, 0.25) is 5.02 Å². The van der Waals surface area contributed by atoms with Gasteiger partial charge in [-0.1, -0.05) is 11.6 Å². The third kappa shape index (κ3) is 2.58. The summed E-state index contributed by atoms with van der Waals surface area (Å²) in [4.78, 5) is 25.9. The zero-order valence-corrected chi connectivity index (χ0v) is 12.6. The van der Waals surface area contributed by atoms with E-state index in [4.69, 9.17) is 16.3 Å². The van der Waals surface area contributed by atoms with Gasteiger partial charge in [0.1, 0.15) is 5.75 Å². The lowest BCUT2D eigenvalue weighted by atomic mass is 9.86. The first-order valence-electron chi connectivity index (χ1n) is 6.93. The number of hydrogen-bond acceptors (Lipinski definition) is 3. The normalized spacial score (nSPS) is 24.5. The summed E-state index contributed by atoms with van der Waals surface area (Å²) < 4.78 is 5.24. The molecular formula is C15H17ClN2O3. The quantitative estimate of drug-likeness (QED) is 0.904. The summed E-state index contributed by atoms with van der Waals surface area (Å²) in [6, 6.07) is 5.02. The van der Waals surface area contributed by atoms with E-state index in [1.165, 1.54) is 7.11 Å². The van der Waals surface area contributed by atoms with Crippen molar-refractivity contribution in [3.63, 3.8) is 0 Å². The Morgan fingerprint density at radius 2 is 2.29 bits per heavy atom. The summed E-state index contributed by atoms with van der Waals surface area (Å²) in [6.45, 7) is 1.91. The number of nitrogens with zero attached hydrogens (tertiary/aromatic N) is 1. The lowest BCUT2D eigenvalue weighted by molar-refractivity contribution is -0.119. The molecule has 2 aliphatic heterocycles. The second kappa shape index (κ2) is 5.22. The summed E-state index contributed by atoms with van der Waals surface area (Å²) in [7, 11) is 1.53. The highest BCUT2D eigenvalue weighted by atomic mass is 35.5. The predicted molar refractivity (Wildman–Crippen MR) is 78.6 cm³/mol. The molecule has 1 aromatic rings. The van der Waals surface area contributed by atoms with Crippen LogP contribution in [0, 0.1) is 5.41 Å². The van der Waals surface area contributed by atoms with Crippen molar-refractivity contribution in [1.29, 1.82) is 0 Å². The van der Waals surface area contributed by atoms with Gasteiger partial charge in [-0.05, 0) is 24.6 Å². The van der Waals surface area contributed by atoms with Gasteiger partial charge in [0.05, 0.1) is 12.7 Å². The molecule has 2 fully saturated rings. The highest BCUT2D eigenvalue weighted by Gasteiger charge is 2.45. The number of amides is 2. The number of nitrogens with one attached hydrogen (secondary N) is 1. The summed E-state index contributed by atoms with van der Waals surface area (Å²) in [5.74, 6) is 0.501. The molecule has 2 aliphatic rings. The number of likely N-dealkylation sites (tertiary alicyclic amines) is 1. The molecule has 2 amide bonds. The molecule has 2 saturated heterocycles. The molecule has 112 valence electrons. The Labute approximate surface area is 128 Å². The van der Waals surface area contributed by atoms with E-state index in [1.54, 1.807) is 23.1 Å². The van der Waals surface area contributed by atoms with Gasteiger partial charge in [0.2, 0.25) is 5.91 Å². The molecular weight excluding hydrogens is 292 g/mol. The van der Waals surface area contributed by atoms with Crippen LogP contribution in [0.4, 0.5) is 0 Å². The number of rotatable bonds is 2. The second-order valence-corrected chi connectivity index (χ2v) is 6.21. The van der Waals surface area contributed by atoms with Crippen LogP contribution < -0.4 is 10.1 Å². The van der Waals surface area contributed by atoms with Crippen molar-refractivity contribution < 1.29 is 14.3 Å².